The average Bonchev–Trinajstić information content (AvgIpc) is 2.77. The molecule has 0 unspecified atom stereocenters. The minimum Gasteiger partial charge on any atom is -0.303 e. The highest BCUT2D eigenvalue weighted by molar-refractivity contribution is 9.10. The molecule has 6 heteroatoms. The number of amides is 1. The molecule has 1 N–H and O–H groups in total. The van der Waals surface area contributed by atoms with Gasteiger partial charge in [0, 0.05) is 4.47 Å². The molecule has 1 atom stereocenters. The largest absolute Gasteiger partial charge is 0.303 e. The first-order valence-electron chi connectivity index (χ1n) is 5.96. The van der Waals surface area contributed by atoms with Gasteiger partial charge in [-0.05, 0) is 31.0 Å². The Hall–Kier alpha value is -1.14. The fraction of sp³-hybridized carbons (Fsp3) is 0.308. The smallest absolute Gasteiger partial charge is 0.239 e. The molecule has 19 heavy (non-hydrogen) atoms. The zero-order chi connectivity index (χ0) is 13.8. The summed E-state index contributed by atoms with van der Waals surface area (Å²) in [6.07, 6.45) is 0.797. The molecule has 0 spiro atoms. The van der Waals surface area contributed by atoms with E-state index < -0.39 is 0 Å². The van der Waals surface area contributed by atoms with Crippen LogP contribution >= 0.6 is 27.7 Å². The summed E-state index contributed by atoms with van der Waals surface area (Å²) in [7, 11) is 0. The Balaban J connectivity index is 2.10. The van der Waals surface area contributed by atoms with Crippen LogP contribution in [0.4, 0.5) is 0 Å². The summed E-state index contributed by atoms with van der Waals surface area (Å²) in [4.78, 5) is 11.5. The van der Waals surface area contributed by atoms with E-state index >= 15 is 0 Å². The van der Waals surface area contributed by atoms with E-state index in [1.54, 1.807) is 0 Å². The highest BCUT2D eigenvalue weighted by Crippen LogP contribution is 2.22. The number of rotatable bonds is 3. The van der Waals surface area contributed by atoms with Gasteiger partial charge in [-0.25, -0.2) is 0 Å². The third kappa shape index (κ3) is 3.67. The maximum Gasteiger partial charge on any atom is 0.239 e. The number of hydrogen-bond acceptors (Lipinski definition) is 4. The summed E-state index contributed by atoms with van der Waals surface area (Å²) in [5, 5.41) is 11.5. The first-order valence-corrected chi connectivity index (χ1v) is 7.63. The number of carbonyl (C=O) groups excluding carboxylic acids is 1. The third-order valence-electron chi connectivity index (χ3n) is 2.70. The van der Waals surface area contributed by atoms with E-state index in [0.717, 1.165) is 22.2 Å². The van der Waals surface area contributed by atoms with Crippen LogP contribution in [0.2, 0.25) is 0 Å². The lowest BCUT2D eigenvalue weighted by atomic mass is 10.1. The molecule has 1 aromatic rings. The Bertz CT molecular complexity index is 539. The molecule has 2 rings (SSSR count). The van der Waals surface area contributed by atoms with E-state index in [4.69, 9.17) is 0 Å². The maximum absolute atomic E-state index is 11.5. The summed E-state index contributed by atoms with van der Waals surface area (Å²) in [6, 6.07) is 7.86. The second kappa shape index (κ2) is 6.34. The Kier molecular flexibility index (Phi) is 4.76. The van der Waals surface area contributed by atoms with Crippen molar-refractivity contribution in [2.24, 2.45) is 10.2 Å². The quantitative estimate of drug-likeness (QED) is 0.679. The van der Waals surface area contributed by atoms with E-state index in [1.807, 2.05) is 38.1 Å². The van der Waals surface area contributed by atoms with Gasteiger partial charge in [0.1, 0.15) is 0 Å². The predicted octanol–water partition coefficient (Wildman–Crippen LogP) is 3.17. The van der Waals surface area contributed by atoms with Crippen molar-refractivity contribution in [1.82, 2.24) is 5.32 Å². The standard InChI is InChI=1S/C13H14BrN3OS/c1-3-11-12(18)15-13(19-11)17-16-8(2)9-4-6-10(14)7-5-9/h4-7,11H,3H2,1-2H3,(H,15,17,18)/b16-8+/t11-/m1/s1. The molecule has 100 valence electrons. The molecule has 0 bridgehead atoms. The number of carbonyl (C=O) groups is 1. The number of thioether (sulfide) groups is 1. The van der Waals surface area contributed by atoms with Gasteiger partial charge in [0.2, 0.25) is 5.91 Å². The molecule has 1 aromatic carbocycles. The number of amidine groups is 1. The summed E-state index contributed by atoms with van der Waals surface area (Å²) in [5.41, 5.74) is 1.82. The molecule has 0 saturated carbocycles. The van der Waals surface area contributed by atoms with Gasteiger partial charge >= 0.3 is 0 Å². The van der Waals surface area contributed by atoms with Crippen molar-refractivity contribution < 1.29 is 4.79 Å². The lowest BCUT2D eigenvalue weighted by Crippen LogP contribution is -2.24. The van der Waals surface area contributed by atoms with Crippen LogP contribution in [0.15, 0.2) is 38.9 Å². The number of hydrogen-bond donors (Lipinski definition) is 1. The monoisotopic (exact) mass is 339 g/mol. The van der Waals surface area contributed by atoms with E-state index in [-0.39, 0.29) is 11.2 Å². The molecule has 1 aliphatic heterocycles. The van der Waals surface area contributed by atoms with Crippen LogP contribution in [0, 0.1) is 0 Å². The van der Waals surface area contributed by atoms with Crippen molar-refractivity contribution in [3.8, 4) is 0 Å². The Labute approximate surface area is 124 Å². The minimum absolute atomic E-state index is 0.0164. The molecule has 0 aliphatic carbocycles. The van der Waals surface area contributed by atoms with Crippen molar-refractivity contribution >= 4 is 44.5 Å². The van der Waals surface area contributed by atoms with E-state index in [9.17, 15) is 4.79 Å². The maximum atomic E-state index is 11.5. The van der Waals surface area contributed by atoms with Crippen molar-refractivity contribution in [2.45, 2.75) is 25.5 Å². The summed E-state index contributed by atoms with van der Waals surface area (Å²) >= 11 is 4.82. The van der Waals surface area contributed by atoms with Crippen LogP contribution in [-0.4, -0.2) is 22.0 Å². The lowest BCUT2D eigenvalue weighted by Gasteiger charge is -1.99. The molecular weight excluding hydrogens is 326 g/mol. The minimum atomic E-state index is -0.0399. The number of nitrogens with zero attached hydrogens (tertiary/aromatic N) is 2. The van der Waals surface area contributed by atoms with Crippen LogP contribution in [0.5, 0.6) is 0 Å². The second-order valence-electron chi connectivity index (χ2n) is 4.10. The number of nitrogens with one attached hydrogen (secondary N) is 1. The topological polar surface area (TPSA) is 53.8 Å². The van der Waals surface area contributed by atoms with Gasteiger partial charge in [0.15, 0.2) is 5.17 Å². The third-order valence-corrected chi connectivity index (χ3v) is 4.47. The Morgan fingerprint density at radius 1 is 1.42 bits per heavy atom. The van der Waals surface area contributed by atoms with Crippen molar-refractivity contribution in [2.75, 3.05) is 0 Å². The molecule has 1 fully saturated rings. The van der Waals surface area contributed by atoms with Crippen LogP contribution in [0.25, 0.3) is 0 Å². The first-order chi connectivity index (χ1) is 9.10. The Morgan fingerprint density at radius 2 is 2.11 bits per heavy atom. The van der Waals surface area contributed by atoms with Gasteiger partial charge in [0.05, 0.1) is 11.0 Å². The second-order valence-corrected chi connectivity index (χ2v) is 6.21. The SMILES string of the molecule is CC[C@H]1S/C(=N/N=C(\C)c2ccc(Br)cc2)NC1=O. The normalized spacial score (nSPS) is 21.8. The van der Waals surface area contributed by atoms with Gasteiger partial charge in [-0.1, -0.05) is 46.7 Å². The van der Waals surface area contributed by atoms with Gasteiger partial charge in [-0.2, -0.15) is 5.10 Å². The fourth-order valence-electron chi connectivity index (χ4n) is 1.59. The van der Waals surface area contributed by atoms with Crippen LogP contribution < -0.4 is 5.32 Å². The molecule has 1 aliphatic rings. The highest BCUT2D eigenvalue weighted by Gasteiger charge is 2.28. The molecule has 1 amide bonds. The first kappa shape index (κ1) is 14.3. The van der Waals surface area contributed by atoms with E-state index in [0.29, 0.717) is 5.17 Å². The van der Waals surface area contributed by atoms with Crippen LogP contribution in [-0.2, 0) is 4.79 Å². The molecule has 0 aromatic heterocycles. The van der Waals surface area contributed by atoms with E-state index in [1.165, 1.54) is 11.8 Å². The molecule has 1 saturated heterocycles. The van der Waals surface area contributed by atoms with Gasteiger partial charge < -0.3 is 5.32 Å². The fourth-order valence-corrected chi connectivity index (χ4v) is 2.70. The molecule has 1 heterocycles. The number of halogens is 1. The van der Waals surface area contributed by atoms with Crippen molar-refractivity contribution in [1.29, 1.82) is 0 Å². The summed E-state index contributed by atoms with van der Waals surface area (Å²) in [5.74, 6) is 0.0164. The average molecular weight is 340 g/mol. The van der Waals surface area contributed by atoms with Gasteiger partial charge in [-0.3, -0.25) is 4.79 Å². The van der Waals surface area contributed by atoms with Crippen LogP contribution in [0.3, 0.4) is 0 Å². The number of benzene rings is 1. The van der Waals surface area contributed by atoms with E-state index in [2.05, 4.69) is 31.4 Å². The zero-order valence-corrected chi connectivity index (χ0v) is 13.1. The predicted molar refractivity (Wildman–Crippen MR) is 83.6 cm³/mol. The molecule has 4 nitrogen and oxygen atoms in total. The summed E-state index contributed by atoms with van der Waals surface area (Å²) < 4.78 is 1.03. The van der Waals surface area contributed by atoms with Crippen LogP contribution in [0.1, 0.15) is 25.8 Å². The zero-order valence-electron chi connectivity index (χ0n) is 10.7. The van der Waals surface area contributed by atoms with Gasteiger partial charge in [0.25, 0.3) is 0 Å². The van der Waals surface area contributed by atoms with Gasteiger partial charge in [-0.15, -0.1) is 5.10 Å². The summed E-state index contributed by atoms with van der Waals surface area (Å²) in [6.45, 7) is 3.88. The van der Waals surface area contributed by atoms with Crippen molar-refractivity contribution in [3.05, 3.63) is 34.3 Å². The molecule has 0 radical (unpaired) electrons. The molecular formula is C13H14BrN3OS. The highest BCUT2D eigenvalue weighted by atomic mass is 79.9. The Morgan fingerprint density at radius 3 is 2.68 bits per heavy atom. The lowest BCUT2D eigenvalue weighted by molar-refractivity contribution is -0.118. The van der Waals surface area contributed by atoms with Crippen molar-refractivity contribution in [3.63, 3.8) is 0 Å².